The van der Waals surface area contributed by atoms with E-state index in [9.17, 15) is 4.79 Å². The predicted octanol–water partition coefficient (Wildman–Crippen LogP) is 4.95. The fourth-order valence-corrected chi connectivity index (χ4v) is 4.24. The zero-order valence-corrected chi connectivity index (χ0v) is 20.0. The summed E-state index contributed by atoms with van der Waals surface area (Å²) < 4.78 is 0. The summed E-state index contributed by atoms with van der Waals surface area (Å²) in [6, 6.07) is 3.82. The molecule has 3 aromatic heterocycles. The molecule has 1 aliphatic heterocycles. The molecule has 1 aliphatic rings. The third-order valence-electron chi connectivity index (χ3n) is 5.98. The maximum Gasteiger partial charge on any atom is 0.257 e. The summed E-state index contributed by atoms with van der Waals surface area (Å²) in [6.45, 7) is 9.00. The van der Waals surface area contributed by atoms with E-state index < -0.39 is 0 Å². The Morgan fingerprint density at radius 3 is 2.45 bits per heavy atom. The van der Waals surface area contributed by atoms with Gasteiger partial charge in [-0.1, -0.05) is 27.7 Å². The highest BCUT2D eigenvalue weighted by molar-refractivity contribution is 5.94. The van der Waals surface area contributed by atoms with Crippen molar-refractivity contribution in [3.05, 3.63) is 66.0 Å². The summed E-state index contributed by atoms with van der Waals surface area (Å²) in [4.78, 5) is 38.2. The van der Waals surface area contributed by atoms with Gasteiger partial charge >= 0.3 is 0 Å². The minimum absolute atomic E-state index is 0.0449. The molecule has 0 bridgehead atoms. The van der Waals surface area contributed by atoms with Crippen LogP contribution in [0.2, 0.25) is 0 Å². The normalized spacial score (nSPS) is 16.6. The van der Waals surface area contributed by atoms with E-state index in [0.717, 1.165) is 60.6 Å². The molecule has 7 nitrogen and oxygen atoms in total. The second-order valence-electron chi connectivity index (χ2n) is 9.63. The lowest BCUT2D eigenvalue weighted by molar-refractivity contribution is 0.0605. The van der Waals surface area contributed by atoms with Crippen LogP contribution in [0.1, 0.15) is 87.1 Å². The van der Waals surface area contributed by atoms with E-state index >= 15 is 0 Å². The van der Waals surface area contributed by atoms with Crippen molar-refractivity contribution >= 4 is 5.91 Å². The molecule has 172 valence electrons. The minimum atomic E-state index is -0.161. The van der Waals surface area contributed by atoms with Crippen molar-refractivity contribution in [2.45, 2.75) is 71.3 Å². The molecular formula is C26H32N6O. The summed E-state index contributed by atoms with van der Waals surface area (Å²) in [7, 11) is 0. The molecule has 0 aliphatic carbocycles. The molecule has 1 saturated heterocycles. The number of hydrogen-bond donors (Lipinski definition) is 0. The maximum absolute atomic E-state index is 13.6. The Bertz CT molecular complexity index is 1090. The van der Waals surface area contributed by atoms with Crippen molar-refractivity contribution in [3.63, 3.8) is 0 Å². The first-order valence-electron chi connectivity index (χ1n) is 11.8. The second kappa shape index (κ2) is 9.73. The Labute approximate surface area is 195 Å². The first-order valence-corrected chi connectivity index (χ1v) is 11.8. The molecule has 0 unspecified atom stereocenters. The van der Waals surface area contributed by atoms with Gasteiger partial charge in [0.1, 0.15) is 11.6 Å². The number of piperidine rings is 1. The van der Waals surface area contributed by atoms with Crippen LogP contribution in [0.25, 0.3) is 11.1 Å². The monoisotopic (exact) mass is 444 g/mol. The number of nitrogens with zero attached hydrogens (tertiary/aromatic N) is 6. The Hall–Kier alpha value is -3.22. The lowest BCUT2D eigenvalue weighted by atomic mass is 9.93. The van der Waals surface area contributed by atoms with Crippen LogP contribution >= 0.6 is 0 Å². The number of carbonyl (C=O) groups is 1. The predicted molar refractivity (Wildman–Crippen MR) is 128 cm³/mol. The van der Waals surface area contributed by atoms with Crippen molar-refractivity contribution in [2.24, 2.45) is 0 Å². The first kappa shape index (κ1) is 23.0. The van der Waals surface area contributed by atoms with Gasteiger partial charge in [-0.25, -0.2) is 19.9 Å². The Morgan fingerprint density at radius 1 is 1.06 bits per heavy atom. The van der Waals surface area contributed by atoms with Crippen molar-refractivity contribution in [1.29, 1.82) is 0 Å². The van der Waals surface area contributed by atoms with Gasteiger partial charge in [-0.05, 0) is 43.4 Å². The van der Waals surface area contributed by atoms with E-state index in [4.69, 9.17) is 4.98 Å². The number of likely N-dealkylation sites (tertiary alicyclic amines) is 1. The average Bonchev–Trinajstić information content (AvgIpc) is 2.84. The smallest absolute Gasteiger partial charge is 0.257 e. The average molecular weight is 445 g/mol. The summed E-state index contributed by atoms with van der Waals surface area (Å²) >= 11 is 0. The van der Waals surface area contributed by atoms with Crippen molar-refractivity contribution < 1.29 is 4.79 Å². The Kier molecular flexibility index (Phi) is 6.77. The zero-order chi connectivity index (χ0) is 23.4. The van der Waals surface area contributed by atoms with E-state index in [2.05, 4.69) is 47.6 Å². The molecule has 4 heterocycles. The number of aromatic nitrogens is 5. The van der Waals surface area contributed by atoms with Crippen LogP contribution in [-0.4, -0.2) is 42.3 Å². The summed E-state index contributed by atoms with van der Waals surface area (Å²) in [5.74, 6) is 1.51. The van der Waals surface area contributed by atoms with E-state index in [1.807, 2.05) is 23.2 Å². The van der Waals surface area contributed by atoms with Gasteiger partial charge in [-0.2, -0.15) is 0 Å². The Balaban J connectivity index is 1.72. The van der Waals surface area contributed by atoms with E-state index in [-0.39, 0.29) is 17.4 Å². The number of hydrogen-bond acceptors (Lipinski definition) is 6. The molecule has 1 fully saturated rings. The van der Waals surface area contributed by atoms with Gasteiger partial charge < -0.3 is 4.90 Å². The molecule has 0 N–H and O–H groups in total. The fraction of sp³-hybridized carbons (Fsp3) is 0.462. The third-order valence-corrected chi connectivity index (χ3v) is 5.98. The lowest BCUT2D eigenvalue weighted by Crippen LogP contribution is -2.39. The molecule has 0 aromatic carbocycles. The number of rotatable bonds is 5. The highest BCUT2D eigenvalue weighted by Gasteiger charge is 2.32. The molecule has 3 aromatic rings. The van der Waals surface area contributed by atoms with Crippen LogP contribution in [0.15, 0.2) is 43.1 Å². The highest BCUT2D eigenvalue weighted by atomic mass is 16.2. The van der Waals surface area contributed by atoms with Gasteiger partial charge in [0.25, 0.3) is 5.91 Å². The molecule has 4 rings (SSSR count). The van der Waals surface area contributed by atoms with E-state index in [1.165, 1.54) is 0 Å². The van der Waals surface area contributed by atoms with Gasteiger partial charge in [0.15, 0.2) is 0 Å². The van der Waals surface area contributed by atoms with E-state index in [1.54, 1.807) is 24.8 Å². The topological polar surface area (TPSA) is 84.8 Å². The molecule has 0 saturated carbocycles. The largest absolute Gasteiger partial charge is 0.330 e. The van der Waals surface area contributed by atoms with Crippen LogP contribution < -0.4 is 0 Å². The summed E-state index contributed by atoms with van der Waals surface area (Å²) in [5, 5.41) is 0. The lowest BCUT2D eigenvalue weighted by Gasteiger charge is -2.36. The van der Waals surface area contributed by atoms with E-state index in [0.29, 0.717) is 12.1 Å². The van der Waals surface area contributed by atoms with Crippen LogP contribution in [0.3, 0.4) is 0 Å². The van der Waals surface area contributed by atoms with Gasteiger partial charge in [0.05, 0.1) is 17.3 Å². The molecule has 0 spiro atoms. The number of aryl methyl sites for hydroxylation is 1. The number of pyridine rings is 1. The Morgan fingerprint density at radius 2 is 1.79 bits per heavy atom. The van der Waals surface area contributed by atoms with Gasteiger partial charge in [0.2, 0.25) is 0 Å². The molecule has 33 heavy (non-hydrogen) atoms. The maximum atomic E-state index is 13.6. The summed E-state index contributed by atoms with van der Waals surface area (Å²) in [6.07, 6.45) is 13.5. The molecule has 7 heteroatoms. The molecule has 1 amide bonds. The summed E-state index contributed by atoms with van der Waals surface area (Å²) in [5.41, 5.74) is 3.24. The van der Waals surface area contributed by atoms with Crippen molar-refractivity contribution in [1.82, 2.24) is 29.8 Å². The molecular weight excluding hydrogens is 412 g/mol. The second-order valence-corrected chi connectivity index (χ2v) is 9.63. The van der Waals surface area contributed by atoms with Crippen molar-refractivity contribution in [3.8, 4) is 11.1 Å². The zero-order valence-electron chi connectivity index (χ0n) is 20.0. The van der Waals surface area contributed by atoms with Gasteiger partial charge in [-0.3, -0.25) is 9.78 Å². The minimum Gasteiger partial charge on any atom is -0.330 e. The van der Waals surface area contributed by atoms with Crippen molar-refractivity contribution in [2.75, 3.05) is 6.54 Å². The third kappa shape index (κ3) is 5.07. The SMILES string of the molecule is CCCc1ncc(-c2ccncc2)c([C@H]2CCCCN2C(=O)c2cnc(C(C)(C)C)nc2)n1. The standard InChI is InChI=1S/C26H32N6O/c1-5-8-22-28-17-20(18-10-12-27-13-11-18)23(31-22)21-9-6-7-14-32(21)24(33)19-15-29-25(30-16-19)26(2,3)4/h10-13,15-17,21H,5-9,14H2,1-4H3/t21-/m1/s1. The first-order chi connectivity index (χ1) is 15.9. The van der Waals surface area contributed by atoms with Gasteiger partial charge in [0, 0.05) is 54.9 Å². The van der Waals surface area contributed by atoms with Gasteiger partial charge in [-0.15, -0.1) is 0 Å². The highest BCUT2D eigenvalue weighted by Crippen LogP contribution is 2.36. The molecule has 1 atom stereocenters. The quantitative estimate of drug-likeness (QED) is 0.554. The van der Waals surface area contributed by atoms with Crippen LogP contribution in [0.5, 0.6) is 0 Å². The molecule has 0 radical (unpaired) electrons. The van der Waals surface area contributed by atoms with Crippen LogP contribution in [-0.2, 0) is 11.8 Å². The van der Waals surface area contributed by atoms with Crippen LogP contribution in [0, 0.1) is 0 Å². The fourth-order valence-electron chi connectivity index (χ4n) is 4.24. The van der Waals surface area contributed by atoms with Crippen LogP contribution in [0.4, 0.5) is 0 Å². The number of amides is 1. The number of carbonyl (C=O) groups excluding carboxylic acids is 1.